The smallest absolute Gasteiger partial charge is 0.410 e. The van der Waals surface area contributed by atoms with Crippen molar-refractivity contribution >= 4 is 39.6 Å². The van der Waals surface area contributed by atoms with Crippen LogP contribution in [0.1, 0.15) is 47.9 Å². The second-order valence-corrected chi connectivity index (χ2v) is 14.6. The topological polar surface area (TPSA) is 88.7 Å². The number of piperidine rings is 2. The number of benzene rings is 2. The Morgan fingerprint density at radius 3 is 2.19 bits per heavy atom. The molecule has 4 aliphatic rings. The van der Waals surface area contributed by atoms with Crippen LogP contribution in [-0.2, 0) is 22.4 Å². The van der Waals surface area contributed by atoms with Crippen LogP contribution >= 0.6 is 15.9 Å². The lowest BCUT2D eigenvalue weighted by Crippen LogP contribution is -2.56. The van der Waals surface area contributed by atoms with Crippen molar-refractivity contribution in [3.8, 4) is 0 Å². The monoisotopic (exact) mass is 708 g/mol. The van der Waals surface area contributed by atoms with E-state index in [1.807, 2.05) is 41.8 Å². The second-order valence-electron chi connectivity index (χ2n) is 13.8. The molecule has 11 heteroatoms. The van der Waals surface area contributed by atoms with Crippen molar-refractivity contribution < 1.29 is 19.1 Å². The molecule has 1 N–H and O–H groups in total. The minimum Gasteiger partial charge on any atom is -0.436 e. The Balaban J connectivity index is 1.08. The Hall–Kier alpha value is -3.15. The van der Waals surface area contributed by atoms with Gasteiger partial charge in [0.15, 0.2) is 6.10 Å². The first kappa shape index (κ1) is 33.7. The molecule has 254 valence electrons. The van der Waals surface area contributed by atoms with Crippen molar-refractivity contribution in [1.82, 2.24) is 24.5 Å². The van der Waals surface area contributed by atoms with Gasteiger partial charge in [0.25, 0.3) is 5.91 Å². The first-order valence-electron chi connectivity index (χ1n) is 17.2. The lowest BCUT2D eigenvalue weighted by Gasteiger charge is -2.42. The van der Waals surface area contributed by atoms with E-state index in [0.29, 0.717) is 58.0 Å². The minimum absolute atomic E-state index is 0.0420. The van der Waals surface area contributed by atoms with Gasteiger partial charge in [-0.2, -0.15) is 0 Å². The average molecular weight is 710 g/mol. The molecular formula is C36H49BrN6O4. The maximum absolute atomic E-state index is 14.0. The van der Waals surface area contributed by atoms with E-state index < -0.39 is 12.2 Å². The van der Waals surface area contributed by atoms with Crippen LogP contribution in [0.25, 0.3) is 0 Å². The largest absolute Gasteiger partial charge is 0.436 e. The number of para-hydroxylation sites is 1. The quantitative estimate of drug-likeness (QED) is 0.459. The fourth-order valence-electron chi connectivity index (χ4n) is 7.71. The normalized spacial score (nSPS) is 21.2. The number of aryl methyl sites for hydroxylation is 2. The Morgan fingerprint density at radius 2 is 1.51 bits per heavy atom. The molecule has 47 heavy (non-hydrogen) atoms. The Bertz CT molecular complexity index is 1420. The zero-order valence-electron chi connectivity index (χ0n) is 28.0. The number of nitrogens with zero attached hydrogens (tertiary/aromatic N) is 5. The summed E-state index contributed by atoms with van der Waals surface area (Å²) in [5, 5.41) is 3.06. The van der Waals surface area contributed by atoms with Crippen LogP contribution in [0, 0.1) is 13.8 Å². The molecule has 10 nitrogen and oxygen atoms in total. The fraction of sp³-hybridized carbons (Fsp3) is 0.583. The number of amides is 4. The molecule has 1 atom stereocenters. The van der Waals surface area contributed by atoms with Crippen molar-refractivity contribution in [3.05, 3.63) is 63.1 Å². The molecule has 0 aromatic heterocycles. The third-order valence-corrected chi connectivity index (χ3v) is 11.8. The van der Waals surface area contributed by atoms with Gasteiger partial charge in [-0.3, -0.25) is 9.69 Å². The van der Waals surface area contributed by atoms with Gasteiger partial charge < -0.3 is 29.7 Å². The zero-order chi connectivity index (χ0) is 33.1. The number of nitrogens with one attached hydrogen (secondary N) is 1. The predicted octanol–water partition coefficient (Wildman–Crippen LogP) is 4.91. The molecule has 6 rings (SSSR count). The van der Waals surface area contributed by atoms with Gasteiger partial charge in [-0.25, -0.2) is 9.59 Å². The molecule has 3 saturated heterocycles. The highest BCUT2D eigenvalue weighted by atomic mass is 79.9. The summed E-state index contributed by atoms with van der Waals surface area (Å²) in [4.78, 5) is 51.2. The summed E-state index contributed by atoms with van der Waals surface area (Å²) in [7, 11) is 2.18. The molecule has 0 aliphatic carbocycles. The number of hydrogen-bond donors (Lipinski definition) is 1. The first-order chi connectivity index (χ1) is 22.7. The van der Waals surface area contributed by atoms with Crippen molar-refractivity contribution in [3.63, 3.8) is 0 Å². The Morgan fingerprint density at radius 1 is 0.872 bits per heavy atom. The number of ether oxygens (including phenoxy) is 1. The highest BCUT2D eigenvalue weighted by Gasteiger charge is 2.36. The van der Waals surface area contributed by atoms with Gasteiger partial charge in [-0.15, -0.1) is 0 Å². The molecule has 2 aromatic rings. The molecule has 4 amide bonds. The van der Waals surface area contributed by atoms with E-state index in [4.69, 9.17) is 4.74 Å². The van der Waals surface area contributed by atoms with Crippen LogP contribution in [0.2, 0.25) is 0 Å². The van der Waals surface area contributed by atoms with E-state index in [-0.39, 0.29) is 18.0 Å². The van der Waals surface area contributed by atoms with Gasteiger partial charge in [0.2, 0.25) is 0 Å². The summed E-state index contributed by atoms with van der Waals surface area (Å²) in [6.07, 6.45) is 3.44. The number of rotatable bonds is 6. The minimum atomic E-state index is -0.898. The van der Waals surface area contributed by atoms with E-state index in [1.54, 1.807) is 4.90 Å². The SMILES string of the molecule is Cc1cc(C[C@@H](OC(=O)N2CCC(N3CCc4ccccc4NC3=O)CC2)C(=O)N2CCN(C3CCN(C)CC3)CC2)cc(C)c1Br. The predicted molar refractivity (Wildman–Crippen MR) is 187 cm³/mol. The molecule has 2 aromatic carbocycles. The lowest BCUT2D eigenvalue weighted by atomic mass is 10.0. The number of piperazine rings is 1. The molecule has 0 saturated carbocycles. The third kappa shape index (κ3) is 7.95. The molecular weight excluding hydrogens is 660 g/mol. The van der Waals surface area contributed by atoms with Crippen LogP contribution in [0.15, 0.2) is 40.9 Å². The maximum atomic E-state index is 14.0. The standard InChI is InChI=1S/C36H49BrN6O4/c1-25-22-27(23-26(2)33(25)37)24-32(34(44)41-20-18-40(19-21-41)29-9-13-39(3)14-10-29)47-36(46)42-15-11-30(12-16-42)43-17-8-28-6-4-5-7-31(28)38-35(43)45/h4-7,22-23,29-30,32H,8-21,24H2,1-3H3,(H,38,45)/t32-/m1/s1. The van der Waals surface area contributed by atoms with E-state index >= 15 is 0 Å². The summed E-state index contributed by atoms with van der Waals surface area (Å²) in [5.74, 6) is -0.115. The molecule has 0 spiro atoms. The highest BCUT2D eigenvalue weighted by molar-refractivity contribution is 9.10. The first-order valence-corrected chi connectivity index (χ1v) is 18.0. The number of carbonyl (C=O) groups excluding carboxylic acids is 3. The number of carbonyl (C=O) groups is 3. The summed E-state index contributed by atoms with van der Waals surface area (Å²) in [6.45, 7) is 10.9. The van der Waals surface area contributed by atoms with Crippen molar-refractivity contribution in [2.24, 2.45) is 0 Å². The summed E-state index contributed by atoms with van der Waals surface area (Å²) < 4.78 is 7.16. The lowest BCUT2D eigenvalue weighted by molar-refractivity contribution is -0.143. The van der Waals surface area contributed by atoms with Gasteiger partial charge in [0.05, 0.1) is 0 Å². The van der Waals surface area contributed by atoms with Gasteiger partial charge >= 0.3 is 12.1 Å². The Kier molecular flexibility index (Phi) is 10.7. The number of halogens is 1. The number of fused-ring (bicyclic) bond motifs is 1. The zero-order valence-corrected chi connectivity index (χ0v) is 29.6. The number of anilines is 1. The number of likely N-dealkylation sites (tertiary alicyclic amines) is 2. The second kappa shape index (κ2) is 15.0. The number of urea groups is 1. The molecule has 4 aliphatic heterocycles. The molecule has 0 bridgehead atoms. The van der Waals surface area contributed by atoms with E-state index in [1.165, 1.54) is 12.8 Å². The fourth-order valence-corrected chi connectivity index (χ4v) is 7.94. The number of hydrogen-bond acceptors (Lipinski definition) is 6. The highest BCUT2D eigenvalue weighted by Crippen LogP contribution is 2.27. The van der Waals surface area contributed by atoms with Crippen LogP contribution in [0.5, 0.6) is 0 Å². The van der Waals surface area contributed by atoms with E-state index in [2.05, 4.69) is 56.3 Å². The third-order valence-electron chi connectivity index (χ3n) is 10.6. The maximum Gasteiger partial charge on any atom is 0.410 e. The van der Waals surface area contributed by atoms with E-state index in [0.717, 1.165) is 65.0 Å². The molecule has 4 heterocycles. The van der Waals surface area contributed by atoms with Gasteiger partial charge in [-0.05, 0) is 94.4 Å². The summed E-state index contributed by atoms with van der Waals surface area (Å²) in [5.41, 5.74) is 5.17. The van der Waals surface area contributed by atoms with Crippen LogP contribution < -0.4 is 5.32 Å². The van der Waals surface area contributed by atoms with Crippen LogP contribution in [0.3, 0.4) is 0 Å². The summed E-state index contributed by atoms with van der Waals surface area (Å²) in [6, 6.07) is 12.6. The van der Waals surface area contributed by atoms with Crippen LogP contribution in [-0.4, -0.2) is 127 Å². The molecule has 0 unspecified atom stereocenters. The van der Waals surface area contributed by atoms with Gasteiger partial charge in [-0.1, -0.05) is 46.3 Å². The molecule has 3 fully saturated rings. The van der Waals surface area contributed by atoms with Gasteiger partial charge in [0, 0.05) is 74.5 Å². The Labute approximate surface area is 287 Å². The van der Waals surface area contributed by atoms with Crippen LogP contribution in [0.4, 0.5) is 15.3 Å². The van der Waals surface area contributed by atoms with Gasteiger partial charge in [0.1, 0.15) is 0 Å². The van der Waals surface area contributed by atoms with Crippen molar-refractivity contribution in [1.29, 1.82) is 0 Å². The van der Waals surface area contributed by atoms with Crippen molar-refractivity contribution in [2.45, 2.75) is 70.6 Å². The molecule has 0 radical (unpaired) electrons. The summed E-state index contributed by atoms with van der Waals surface area (Å²) >= 11 is 3.65. The van der Waals surface area contributed by atoms with Crippen molar-refractivity contribution in [2.75, 3.05) is 71.3 Å². The average Bonchev–Trinajstić information content (AvgIpc) is 3.25. The van der Waals surface area contributed by atoms with E-state index in [9.17, 15) is 14.4 Å².